The fraction of sp³-hybridized carbons (Fsp3) is 0.609. The first-order valence-corrected chi connectivity index (χ1v) is 11.1. The minimum absolute atomic E-state index is 0.0864. The summed E-state index contributed by atoms with van der Waals surface area (Å²) < 4.78 is 46.4. The molecule has 0 aromatic heterocycles. The van der Waals surface area contributed by atoms with Gasteiger partial charge in [0.25, 0.3) is 0 Å². The van der Waals surface area contributed by atoms with E-state index >= 15 is 0 Å². The molecule has 0 spiro atoms. The Hall–Kier alpha value is -2.98. The lowest BCUT2D eigenvalue weighted by atomic mass is 9.95. The van der Waals surface area contributed by atoms with Crippen LogP contribution in [0.15, 0.2) is 12.1 Å². The molecule has 0 aliphatic carbocycles. The first-order valence-electron chi connectivity index (χ1n) is 11.1. The van der Waals surface area contributed by atoms with E-state index in [1.807, 2.05) is 0 Å². The number of hydrogen-bond donors (Lipinski definition) is 1. The number of hydrogen-bond acceptors (Lipinski definition) is 4. The second kappa shape index (κ2) is 9.71. The van der Waals surface area contributed by atoms with E-state index in [2.05, 4.69) is 0 Å². The Bertz CT molecular complexity index is 968. The highest BCUT2D eigenvalue weighted by atomic mass is 19.2. The minimum Gasteiger partial charge on any atom is -0.465 e. The molecule has 3 amide bonds. The van der Waals surface area contributed by atoms with Crippen molar-refractivity contribution in [2.75, 3.05) is 26.7 Å². The summed E-state index contributed by atoms with van der Waals surface area (Å²) in [6.45, 7) is 6.14. The van der Waals surface area contributed by atoms with Crippen LogP contribution in [-0.4, -0.2) is 82.3 Å². The maximum Gasteiger partial charge on any atom is 0.409 e. The smallest absolute Gasteiger partial charge is 0.409 e. The van der Waals surface area contributed by atoms with E-state index in [1.165, 1.54) is 12.0 Å². The number of carboxylic acid groups (broad SMARTS) is 1. The van der Waals surface area contributed by atoms with Crippen LogP contribution in [0.25, 0.3) is 0 Å². The van der Waals surface area contributed by atoms with Gasteiger partial charge in [0.1, 0.15) is 5.82 Å². The van der Waals surface area contributed by atoms with Gasteiger partial charge in [0.2, 0.25) is 5.91 Å². The van der Waals surface area contributed by atoms with Crippen LogP contribution in [0.4, 0.5) is 22.8 Å². The quantitative estimate of drug-likeness (QED) is 0.645. The largest absolute Gasteiger partial charge is 0.465 e. The van der Waals surface area contributed by atoms with Crippen molar-refractivity contribution < 1.29 is 37.4 Å². The molecular weight excluding hydrogens is 455 g/mol. The highest BCUT2D eigenvalue weighted by Gasteiger charge is 2.46. The molecule has 0 saturated carbocycles. The van der Waals surface area contributed by atoms with Gasteiger partial charge in [-0.1, -0.05) is 0 Å². The number of benzene rings is 1. The molecule has 2 aliphatic heterocycles. The molecule has 2 heterocycles. The average molecular weight is 486 g/mol. The molecule has 3 rings (SSSR count). The van der Waals surface area contributed by atoms with Crippen molar-refractivity contribution in [2.24, 2.45) is 5.92 Å². The summed E-state index contributed by atoms with van der Waals surface area (Å²) in [4.78, 5) is 41.6. The fourth-order valence-electron chi connectivity index (χ4n) is 5.09. The molecule has 2 aliphatic rings. The summed E-state index contributed by atoms with van der Waals surface area (Å²) in [5, 5.41) is 9.89. The molecule has 1 aromatic carbocycles. The van der Waals surface area contributed by atoms with Crippen LogP contribution in [-0.2, 0) is 16.0 Å². The van der Waals surface area contributed by atoms with Crippen LogP contribution in [0.5, 0.6) is 0 Å². The molecule has 1 aromatic rings. The predicted octanol–water partition coefficient (Wildman–Crippen LogP) is 3.48. The summed E-state index contributed by atoms with van der Waals surface area (Å²) in [7, 11) is 1.29. The van der Waals surface area contributed by atoms with Crippen molar-refractivity contribution in [2.45, 2.75) is 57.7 Å². The molecule has 0 bridgehead atoms. The SMILES string of the molecule is COC(=O)N1C[C@@H]2CCN(C(=O)C[C@H](Cc3cc(F)c(F)cc3F)N(C(=O)O)C(C)(C)C)[C@@H]2C1. The zero-order chi connectivity index (χ0) is 25.4. The third-order valence-electron chi connectivity index (χ3n) is 6.55. The minimum atomic E-state index is -1.35. The molecule has 1 N–H and O–H groups in total. The molecular formula is C23H30F3N3O5. The Labute approximate surface area is 196 Å². The molecule has 0 unspecified atom stereocenters. The Morgan fingerprint density at radius 1 is 1.15 bits per heavy atom. The van der Waals surface area contributed by atoms with E-state index in [0.717, 1.165) is 4.90 Å². The number of halogens is 3. The topological polar surface area (TPSA) is 90.4 Å². The van der Waals surface area contributed by atoms with E-state index in [1.54, 1.807) is 25.7 Å². The highest BCUT2D eigenvalue weighted by molar-refractivity contribution is 5.79. The van der Waals surface area contributed by atoms with Crippen molar-refractivity contribution in [3.8, 4) is 0 Å². The summed E-state index contributed by atoms with van der Waals surface area (Å²) in [5.41, 5.74) is -1.17. The van der Waals surface area contributed by atoms with E-state index in [9.17, 15) is 32.7 Å². The number of ether oxygens (including phenoxy) is 1. The number of amides is 3. The predicted molar refractivity (Wildman–Crippen MR) is 116 cm³/mol. The first-order chi connectivity index (χ1) is 15.8. The van der Waals surface area contributed by atoms with Gasteiger partial charge in [-0.25, -0.2) is 22.8 Å². The number of likely N-dealkylation sites (tertiary alicyclic amines) is 2. The summed E-state index contributed by atoms with van der Waals surface area (Å²) in [5.74, 6) is -3.87. The third kappa shape index (κ3) is 5.23. The fourth-order valence-corrected chi connectivity index (χ4v) is 5.09. The van der Waals surface area contributed by atoms with Gasteiger partial charge in [0.15, 0.2) is 11.6 Å². The zero-order valence-electron chi connectivity index (χ0n) is 19.7. The Morgan fingerprint density at radius 3 is 2.38 bits per heavy atom. The number of nitrogens with zero attached hydrogens (tertiary/aromatic N) is 3. The van der Waals surface area contributed by atoms with Gasteiger partial charge < -0.3 is 19.6 Å². The number of methoxy groups -OCH3 is 1. The van der Waals surface area contributed by atoms with Gasteiger partial charge in [-0.3, -0.25) is 9.69 Å². The number of carbonyl (C=O) groups excluding carboxylic acids is 2. The average Bonchev–Trinajstić information content (AvgIpc) is 3.30. The second-order valence-corrected chi connectivity index (χ2v) is 9.82. The van der Waals surface area contributed by atoms with Crippen molar-refractivity contribution in [1.29, 1.82) is 0 Å². The van der Waals surface area contributed by atoms with E-state index in [0.29, 0.717) is 38.2 Å². The zero-order valence-corrected chi connectivity index (χ0v) is 19.7. The van der Waals surface area contributed by atoms with Gasteiger partial charge in [0.05, 0.1) is 13.2 Å². The lowest BCUT2D eigenvalue weighted by Crippen LogP contribution is -2.54. The molecule has 0 radical (unpaired) electrons. The van der Waals surface area contributed by atoms with Gasteiger partial charge in [-0.2, -0.15) is 0 Å². The molecule has 8 nitrogen and oxygen atoms in total. The lowest BCUT2D eigenvalue weighted by Gasteiger charge is -2.40. The molecule has 188 valence electrons. The van der Waals surface area contributed by atoms with Crippen LogP contribution in [0.3, 0.4) is 0 Å². The van der Waals surface area contributed by atoms with Gasteiger partial charge in [0, 0.05) is 49.6 Å². The van der Waals surface area contributed by atoms with Crippen molar-refractivity contribution in [1.82, 2.24) is 14.7 Å². The van der Waals surface area contributed by atoms with E-state index in [4.69, 9.17) is 4.74 Å². The summed E-state index contributed by atoms with van der Waals surface area (Å²) >= 11 is 0. The molecule has 3 atom stereocenters. The molecule has 11 heteroatoms. The summed E-state index contributed by atoms with van der Waals surface area (Å²) in [6.07, 6.45) is -1.68. The van der Waals surface area contributed by atoms with Crippen molar-refractivity contribution >= 4 is 18.1 Å². The van der Waals surface area contributed by atoms with E-state index in [-0.39, 0.29) is 36.3 Å². The Kier molecular flexibility index (Phi) is 7.32. The monoisotopic (exact) mass is 485 g/mol. The van der Waals surface area contributed by atoms with Gasteiger partial charge >= 0.3 is 12.2 Å². The van der Waals surface area contributed by atoms with Crippen molar-refractivity contribution in [3.05, 3.63) is 35.1 Å². The number of rotatable bonds is 5. The standard InChI is InChI=1S/C23H30F3N3O5/c1-23(2,3)29(21(31)32)15(7-14-8-17(25)18(26)10-16(14)24)9-20(30)28-6-5-13-11-27(12-19(13)28)22(33)34-4/h8,10,13,15,19H,5-7,9,11-12H2,1-4H3,(H,31,32)/t13-,15-,19+/m0/s1. The molecule has 2 saturated heterocycles. The maximum absolute atomic E-state index is 14.4. The molecule has 34 heavy (non-hydrogen) atoms. The first kappa shape index (κ1) is 25.6. The van der Waals surface area contributed by atoms with Crippen LogP contribution < -0.4 is 0 Å². The van der Waals surface area contributed by atoms with Gasteiger partial charge in [-0.05, 0) is 45.2 Å². The third-order valence-corrected chi connectivity index (χ3v) is 6.55. The number of fused-ring (bicyclic) bond motifs is 1. The second-order valence-electron chi connectivity index (χ2n) is 9.82. The maximum atomic E-state index is 14.4. The van der Waals surface area contributed by atoms with Crippen LogP contribution in [0.1, 0.15) is 39.2 Å². The highest BCUT2D eigenvalue weighted by Crippen LogP contribution is 2.33. The molecule has 2 fully saturated rings. The Morgan fingerprint density at radius 2 is 1.79 bits per heavy atom. The number of carbonyl (C=O) groups is 3. The lowest BCUT2D eigenvalue weighted by molar-refractivity contribution is -0.133. The summed E-state index contributed by atoms with van der Waals surface area (Å²) in [6, 6.07) is -0.139. The van der Waals surface area contributed by atoms with Crippen LogP contribution >= 0.6 is 0 Å². The van der Waals surface area contributed by atoms with Crippen LogP contribution in [0.2, 0.25) is 0 Å². The van der Waals surface area contributed by atoms with Crippen molar-refractivity contribution in [3.63, 3.8) is 0 Å². The van der Waals surface area contributed by atoms with Gasteiger partial charge in [-0.15, -0.1) is 0 Å². The normalized spacial score (nSPS) is 20.8. The van der Waals surface area contributed by atoms with E-state index < -0.39 is 41.2 Å². The Balaban J connectivity index is 1.85. The van der Waals surface area contributed by atoms with Crippen LogP contribution in [0, 0.1) is 23.4 Å².